The molecule has 0 saturated carbocycles. The highest BCUT2D eigenvalue weighted by Crippen LogP contribution is 2.27. The standard InChI is InChI=1S/C16H17FN4O5S/c1-10-2-4-13(12(17)8-10)20-16(22)6-7-19-14-5-3-11(27(18,25)26)9-15(14)21(23)24/h2-5,8-9,19H,6-7H2,1H3,(H,20,22)(H2,18,25,26). The molecule has 0 aliphatic rings. The fourth-order valence-electron chi connectivity index (χ4n) is 2.23. The van der Waals surface area contributed by atoms with Crippen LogP contribution in [0.5, 0.6) is 0 Å². The summed E-state index contributed by atoms with van der Waals surface area (Å²) in [6, 6.07) is 7.51. The molecule has 0 heterocycles. The first kappa shape index (κ1) is 20.3. The molecule has 4 N–H and O–H groups in total. The van der Waals surface area contributed by atoms with E-state index in [0.29, 0.717) is 5.56 Å². The molecule has 11 heteroatoms. The van der Waals surface area contributed by atoms with Crippen LogP contribution in [0.3, 0.4) is 0 Å². The van der Waals surface area contributed by atoms with Crippen LogP contribution < -0.4 is 15.8 Å². The van der Waals surface area contributed by atoms with Gasteiger partial charge in [0.05, 0.1) is 15.5 Å². The number of carbonyl (C=O) groups excluding carboxylic acids is 1. The first-order chi connectivity index (χ1) is 12.6. The number of nitrogens with one attached hydrogen (secondary N) is 2. The molecule has 2 aromatic rings. The molecule has 0 fully saturated rings. The number of nitrogens with zero attached hydrogens (tertiary/aromatic N) is 1. The van der Waals surface area contributed by atoms with Gasteiger partial charge in [0.15, 0.2) is 0 Å². The molecule has 144 valence electrons. The molecule has 0 unspecified atom stereocenters. The molecular formula is C16H17FN4O5S. The summed E-state index contributed by atoms with van der Waals surface area (Å²) < 4.78 is 36.3. The van der Waals surface area contributed by atoms with E-state index in [2.05, 4.69) is 10.6 Å². The fourth-order valence-corrected chi connectivity index (χ4v) is 2.77. The number of amides is 1. The Hall–Kier alpha value is -3.05. The number of anilines is 2. The minimum Gasteiger partial charge on any atom is -0.379 e. The van der Waals surface area contributed by atoms with Crippen LogP contribution in [0.2, 0.25) is 0 Å². The molecule has 9 nitrogen and oxygen atoms in total. The summed E-state index contributed by atoms with van der Waals surface area (Å²) in [7, 11) is -4.08. The van der Waals surface area contributed by atoms with Gasteiger partial charge < -0.3 is 10.6 Å². The van der Waals surface area contributed by atoms with Gasteiger partial charge in [-0.2, -0.15) is 0 Å². The molecule has 2 aromatic carbocycles. The third-order valence-corrected chi connectivity index (χ3v) is 4.47. The van der Waals surface area contributed by atoms with Gasteiger partial charge in [-0.15, -0.1) is 0 Å². The highest BCUT2D eigenvalue weighted by Gasteiger charge is 2.19. The van der Waals surface area contributed by atoms with E-state index in [1.165, 1.54) is 18.2 Å². The lowest BCUT2D eigenvalue weighted by atomic mass is 10.2. The van der Waals surface area contributed by atoms with Crippen molar-refractivity contribution in [1.82, 2.24) is 0 Å². The van der Waals surface area contributed by atoms with E-state index in [9.17, 15) is 27.7 Å². The summed E-state index contributed by atoms with van der Waals surface area (Å²) >= 11 is 0. The molecule has 1 amide bonds. The largest absolute Gasteiger partial charge is 0.379 e. The van der Waals surface area contributed by atoms with Gasteiger partial charge in [0, 0.05) is 19.0 Å². The van der Waals surface area contributed by atoms with Crippen LogP contribution in [-0.2, 0) is 14.8 Å². The maximum Gasteiger partial charge on any atom is 0.293 e. The Morgan fingerprint density at radius 3 is 2.48 bits per heavy atom. The SMILES string of the molecule is Cc1ccc(NC(=O)CCNc2ccc(S(N)(=O)=O)cc2[N+](=O)[O-])c(F)c1. The summed E-state index contributed by atoms with van der Waals surface area (Å²) in [6.07, 6.45) is -0.0958. The zero-order chi connectivity index (χ0) is 20.2. The van der Waals surface area contributed by atoms with Crippen molar-refractivity contribution < 1.29 is 22.5 Å². The predicted molar refractivity (Wildman–Crippen MR) is 97.3 cm³/mol. The fraction of sp³-hybridized carbons (Fsp3) is 0.188. The van der Waals surface area contributed by atoms with Gasteiger partial charge in [-0.3, -0.25) is 14.9 Å². The summed E-state index contributed by atoms with van der Waals surface area (Å²) in [5.74, 6) is -1.06. The topological polar surface area (TPSA) is 144 Å². The summed E-state index contributed by atoms with van der Waals surface area (Å²) in [5, 5.41) is 21.2. The van der Waals surface area contributed by atoms with Crippen LogP contribution in [-0.4, -0.2) is 25.8 Å². The highest BCUT2D eigenvalue weighted by atomic mass is 32.2. The molecular weight excluding hydrogens is 379 g/mol. The minimum atomic E-state index is -4.08. The Morgan fingerprint density at radius 2 is 1.89 bits per heavy atom. The molecule has 2 rings (SSSR count). The molecule has 0 bridgehead atoms. The van der Waals surface area contributed by atoms with E-state index in [1.807, 2.05) is 0 Å². The van der Waals surface area contributed by atoms with Crippen molar-refractivity contribution in [2.75, 3.05) is 17.2 Å². The Kier molecular flexibility index (Phi) is 6.08. The number of nitrogens with two attached hydrogens (primary N) is 1. The van der Waals surface area contributed by atoms with E-state index < -0.39 is 37.3 Å². The first-order valence-corrected chi connectivity index (χ1v) is 9.23. The van der Waals surface area contributed by atoms with Gasteiger partial charge in [-0.05, 0) is 36.8 Å². The number of rotatable bonds is 7. The first-order valence-electron chi connectivity index (χ1n) is 7.69. The second-order valence-electron chi connectivity index (χ2n) is 5.69. The van der Waals surface area contributed by atoms with Crippen LogP contribution in [0.15, 0.2) is 41.3 Å². The number of primary sulfonamides is 1. The summed E-state index contributed by atoms with van der Waals surface area (Å²) in [4.78, 5) is 21.8. The molecule has 0 aromatic heterocycles. The van der Waals surface area contributed by atoms with Gasteiger partial charge in [-0.25, -0.2) is 17.9 Å². The van der Waals surface area contributed by atoms with Gasteiger partial charge in [0.2, 0.25) is 15.9 Å². The number of halogens is 1. The van der Waals surface area contributed by atoms with Crippen LogP contribution in [0.1, 0.15) is 12.0 Å². The van der Waals surface area contributed by atoms with Crippen molar-refractivity contribution in [3.63, 3.8) is 0 Å². The van der Waals surface area contributed by atoms with Crippen molar-refractivity contribution in [2.45, 2.75) is 18.2 Å². The van der Waals surface area contributed by atoms with Crippen molar-refractivity contribution >= 4 is 33.0 Å². The molecule has 0 atom stereocenters. The van der Waals surface area contributed by atoms with E-state index in [1.54, 1.807) is 13.0 Å². The molecule has 27 heavy (non-hydrogen) atoms. The third kappa shape index (κ3) is 5.46. The van der Waals surface area contributed by atoms with Crippen molar-refractivity contribution in [3.8, 4) is 0 Å². The van der Waals surface area contributed by atoms with Crippen LogP contribution in [0.4, 0.5) is 21.5 Å². The summed E-state index contributed by atoms with van der Waals surface area (Å²) in [5.41, 5.74) is 0.282. The maximum absolute atomic E-state index is 13.7. The normalized spacial score (nSPS) is 11.1. The van der Waals surface area contributed by atoms with Gasteiger partial charge >= 0.3 is 0 Å². The number of benzene rings is 2. The number of nitro groups is 1. The van der Waals surface area contributed by atoms with E-state index >= 15 is 0 Å². The molecule has 0 aliphatic carbocycles. The minimum absolute atomic E-state index is 0.00880. The molecule has 0 radical (unpaired) electrons. The lowest BCUT2D eigenvalue weighted by Gasteiger charge is -2.09. The van der Waals surface area contributed by atoms with Gasteiger partial charge in [0.1, 0.15) is 11.5 Å². The number of hydrogen-bond donors (Lipinski definition) is 3. The average Bonchev–Trinajstić information content (AvgIpc) is 2.56. The maximum atomic E-state index is 13.7. The van der Waals surface area contributed by atoms with E-state index in [0.717, 1.165) is 12.1 Å². The Bertz CT molecular complexity index is 994. The number of hydrogen-bond acceptors (Lipinski definition) is 6. The molecule has 0 spiro atoms. The van der Waals surface area contributed by atoms with Gasteiger partial charge in [0.25, 0.3) is 5.69 Å². The lowest BCUT2D eigenvalue weighted by Crippen LogP contribution is -2.17. The van der Waals surface area contributed by atoms with Gasteiger partial charge in [-0.1, -0.05) is 6.07 Å². The molecule has 0 aliphatic heterocycles. The van der Waals surface area contributed by atoms with Crippen LogP contribution >= 0.6 is 0 Å². The van der Waals surface area contributed by atoms with Crippen molar-refractivity contribution in [2.24, 2.45) is 5.14 Å². The average molecular weight is 396 g/mol. The second kappa shape index (κ2) is 8.10. The zero-order valence-electron chi connectivity index (χ0n) is 14.2. The van der Waals surface area contributed by atoms with E-state index in [-0.39, 0.29) is 24.3 Å². The number of nitro benzene ring substituents is 1. The predicted octanol–water partition coefficient (Wildman–Crippen LogP) is 2.13. The van der Waals surface area contributed by atoms with Crippen molar-refractivity contribution in [1.29, 1.82) is 0 Å². The lowest BCUT2D eigenvalue weighted by molar-refractivity contribution is -0.384. The van der Waals surface area contributed by atoms with E-state index in [4.69, 9.17) is 5.14 Å². The Labute approximate surface area is 154 Å². The monoisotopic (exact) mass is 396 g/mol. The van der Waals surface area contributed by atoms with Crippen LogP contribution in [0, 0.1) is 22.9 Å². The smallest absolute Gasteiger partial charge is 0.293 e. The number of sulfonamides is 1. The Balaban J connectivity index is 2.02. The second-order valence-corrected chi connectivity index (χ2v) is 7.25. The van der Waals surface area contributed by atoms with Crippen LogP contribution in [0.25, 0.3) is 0 Å². The summed E-state index contributed by atoms with van der Waals surface area (Å²) in [6.45, 7) is 1.72. The highest BCUT2D eigenvalue weighted by molar-refractivity contribution is 7.89. The zero-order valence-corrected chi connectivity index (χ0v) is 15.0. The van der Waals surface area contributed by atoms with Crippen molar-refractivity contribution in [3.05, 3.63) is 57.9 Å². The number of carbonyl (C=O) groups is 1. The quantitative estimate of drug-likeness (QED) is 0.483. The Morgan fingerprint density at radius 1 is 1.22 bits per heavy atom. The molecule has 0 saturated heterocycles. The number of aryl methyl sites for hydroxylation is 1. The third-order valence-electron chi connectivity index (χ3n) is 3.56.